The molecule has 0 aliphatic carbocycles. The summed E-state index contributed by atoms with van der Waals surface area (Å²) in [6.45, 7) is 3.26. The number of aromatic hydroxyl groups is 1. The van der Waals surface area contributed by atoms with Crippen LogP contribution in [0.4, 0.5) is 0 Å². The lowest BCUT2D eigenvalue weighted by Gasteiger charge is -2.30. The van der Waals surface area contributed by atoms with E-state index in [2.05, 4.69) is 34.1 Å². The molecule has 1 aliphatic rings. The number of rotatable bonds is 1. The topological polar surface area (TPSA) is 65.0 Å². The quantitative estimate of drug-likeness (QED) is 0.724. The van der Waals surface area contributed by atoms with Gasteiger partial charge < -0.3 is 10.1 Å². The molecule has 0 spiro atoms. The van der Waals surface area contributed by atoms with Crippen LogP contribution in [-0.2, 0) is 6.42 Å². The third kappa shape index (κ3) is 1.89. The predicted octanol–water partition coefficient (Wildman–Crippen LogP) is 2.88. The number of nitrogens with zero attached hydrogens (tertiary/aromatic N) is 3. The summed E-state index contributed by atoms with van der Waals surface area (Å²) in [5.41, 5.74) is 4.79. The fourth-order valence-corrected chi connectivity index (χ4v) is 3.26. The van der Waals surface area contributed by atoms with Crippen molar-refractivity contribution < 1.29 is 5.11 Å². The largest absolute Gasteiger partial charge is 0.507 e. The van der Waals surface area contributed by atoms with Gasteiger partial charge in [0.2, 0.25) is 0 Å². The summed E-state index contributed by atoms with van der Waals surface area (Å²) < 4.78 is 0. The standard InChI is InChI=1S/C17H18N4O/c1-10-16-12-9-14(11-5-3-4-6-15(11)22)19-20-17(12)18-13(16)7-8-21(10)2/h3-6,9-10,22H,7-8H2,1-2H3,(H,18,20)/t10-/m0/s1. The van der Waals surface area contributed by atoms with Crippen LogP contribution in [0.5, 0.6) is 5.75 Å². The minimum absolute atomic E-state index is 0.228. The van der Waals surface area contributed by atoms with Crippen LogP contribution in [0.3, 0.4) is 0 Å². The van der Waals surface area contributed by atoms with Crippen molar-refractivity contribution in [3.05, 3.63) is 41.6 Å². The molecule has 3 aromatic rings. The molecule has 1 aromatic carbocycles. The van der Waals surface area contributed by atoms with Gasteiger partial charge in [0.05, 0.1) is 5.69 Å². The number of hydrogen-bond donors (Lipinski definition) is 2. The zero-order chi connectivity index (χ0) is 15.3. The number of phenols is 1. The molecule has 0 fully saturated rings. The van der Waals surface area contributed by atoms with Crippen LogP contribution in [-0.4, -0.2) is 38.8 Å². The van der Waals surface area contributed by atoms with Crippen LogP contribution in [0.15, 0.2) is 30.3 Å². The molecular weight excluding hydrogens is 276 g/mol. The van der Waals surface area contributed by atoms with Crippen LogP contribution in [0, 0.1) is 0 Å². The highest BCUT2D eigenvalue weighted by atomic mass is 16.3. The van der Waals surface area contributed by atoms with Crippen molar-refractivity contribution in [2.75, 3.05) is 13.6 Å². The molecule has 3 heterocycles. The Morgan fingerprint density at radius 2 is 2.09 bits per heavy atom. The monoisotopic (exact) mass is 294 g/mol. The van der Waals surface area contributed by atoms with Crippen molar-refractivity contribution in [1.29, 1.82) is 0 Å². The summed E-state index contributed by atoms with van der Waals surface area (Å²) in [6, 6.07) is 9.61. The summed E-state index contributed by atoms with van der Waals surface area (Å²) in [5.74, 6) is 0.228. The first-order valence-corrected chi connectivity index (χ1v) is 7.52. The number of fused-ring (bicyclic) bond motifs is 3. The molecule has 5 nitrogen and oxygen atoms in total. The third-order valence-electron chi connectivity index (χ3n) is 4.65. The average Bonchev–Trinajstić information content (AvgIpc) is 2.90. The van der Waals surface area contributed by atoms with Gasteiger partial charge in [-0.1, -0.05) is 12.1 Å². The van der Waals surface area contributed by atoms with Crippen LogP contribution >= 0.6 is 0 Å². The fourth-order valence-electron chi connectivity index (χ4n) is 3.26. The van der Waals surface area contributed by atoms with Gasteiger partial charge in [0.15, 0.2) is 5.65 Å². The van der Waals surface area contributed by atoms with Gasteiger partial charge in [-0.25, -0.2) is 0 Å². The SMILES string of the molecule is C[C@H]1c2c([nH]c3nnc(-c4ccccc4O)cc23)CCN1C. The lowest BCUT2D eigenvalue weighted by molar-refractivity contribution is 0.248. The number of hydrogen-bond acceptors (Lipinski definition) is 4. The van der Waals surface area contributed by atoms with Crippen molar-refractivity contribution in [1.82, 2.24) is 20.1 Å². The number of aromatic amines is 1. The first-order valence-electron chi connectivity index (χ1n) is 7.52. The number of para-hydroxylation sites is 1. The molecule has 0 saturated heterocycles. The molecular formula is C17H18N4O. The van der Waals surface area contributed by atoms with E-state index in [1.807, 2.05) is 18.2 Å². The fraction of sp³-hybridized carbons (Fsp3) is 0.294. The Kier molecular flexibility index (Phi) is 2.90. The zero-order valence-corrected chi connectivity index (χ0v) is 12.7. The minimum atomic E-state index is 0.228. The van der Waals surface area contributed by atoms with E-state index in [0.717, 1.165) is 24.0 Å². The third-order valence-corrected chi connectivity index (χ3v) is 4.65. The number of likely N-dealkylation sites (N-methyl/N-ethyl adjacent to an activating group) is 1. The van der Waals surface area contributed by atoms with E-state index in [1.165, 1.54) is 11.3 Å². The molecule has 2 N–H and O–H groups in total. The number of aromatic nitrogens is 3. The molecule has 0 amide bonds. The van der Waals surface area contributed by atoms with Crippen molar-refractivity contribution in [3.63, 3.8) is 0 Å². The lowest BCUT2D eigenvalue weighted by Crippen LogP contribution is -2.29. The van der Waals surface area contributed by atoms with Crippen LogP contribution in [0.1, 0.15) is 24.2 Å². The number of H-pyrrole nitrogens is 1. The summed E-state index contributed by atoms with van der Waals surface area (Å²) >= 11 is 0. The molecule has 1 aliphatic heterocycles. The Labute approximate surface area is 128 Å². The maximum absolute atomic E-state index is 10.0. The van der Waals surface area contributed by atoms with Gasteiger partial charge in [-0.3, -0.25) is 4.90 Å². The van der Waals surface area contributed by atoms with Crippen molar-refractivity contribution in [3.8, 4) is 17.0 Å². The highest BCUT2D eigenvalue weighted by Gasteiger charge is 2.26. The van der Waals surface area contributed by atoms with Crippen molar-refractivity contribution in [2.45, 2.75) is 19.4 Å². The van der Waals surface area contributed by atoms with Crippen molar-refractivity contribution >= 4 is 11.0 Å². The van der Waals surface area contributed by atoms with Gasteiger partial charge in [0.25, 0.3) is 0 Å². The maximum Gasteiger partial charge on any atom is 0.160 e. The van der Waals surface area contributed by atoms with E-state index in [-0.39, 0.29) is 5.75 Å². The van der Waals surface area contributed by atoms with Gasteiger partial charge in [-0.15, -0.1) is 10.2 Å². The summed E-state index contributed by atoms with van der Waals surface area (Å²) in [4.78, 5) is 5.74. The average molecular weight is 294 g/mol. The molecule has 4 rings (SSSR count). The normalized spacial score (nSPS) is 18.5. The molecule has 22 heavy (non-hydrogen) atoms. The van der Waals surface area contributed by atoms with E-state index < -0.39 is 0 Å². The second-order valence-electron chi connectivity index (χ2n) is 5.93. The molecule has 2 aromatic heterocycles. The molecule has 5 heteroatoms. The lowest BCUT2D eigenvalue weighted by atomic mass is 9.97. The number of benzene rings is 1. The van der Waals surface area contributed by atoms with Crippen LogP contribution in [0.25, 0.3) is 22.3 Å². The van der Waals surface area contributed by atoms with Crippen molar-refractivity contribution in [2.24, 2.45) is 0 Å². The summed E-state index contributed by atoms with van der Waals surface area (Å²) in [5, 5.41) is 19.7. The number of phenolic OH excluding ortho intramolecular Hbond substituents is 1. The first kappa shape index (κ1) is 13.3. The molecule has 0 radical (unpaired) electrons. The van der Waals surface area contributed by atoms with Crippen LogP contribution < -0.4 is 0 Å². The van der Waals surface area contributed by atoms with E-state index in [1.54, 1.807) is 12.1 Å². The molecule has 1 atom stereocenters. The molecule has 0 saturated carbocycles. The Morgan fingerprint density at radius 3 is 2.91 bits per heavy atom. The Balaban J connectivity index is 1.93. The van der Waals surface area contributed by atoms with Gasteiger partial charge in [0.1, 0.15) is 5.75 Å². The predicted molar refractivity (Wildman–Crippen MR) is 85.7 cm³/mol. The second-order valence-corrected chi connectivity index (χ2v) is 5.93. The van der Waals surface area contributed by atoms with Gasteiger partial charge >= 0.3 is 0 Å². The minimum Gasteiger partial charge on any atom is -0.507 e. The highest BCUT2D eigenvalue weighted by Crippen LogP contribution is 2.36. The van der Waals surface area contributed by atoms with Gasteiger partial charge in [-0.05, 0) is 37.7 Å². The van der Waals surface area contributed by atoms with Gasteiger partial charge in [-0.2, -0.15) is 0 Å². The maximum atomic E-state index is 10.0. The Bertz CT molecular complexity index is 855. The highest BCUT2D eigenvalue weighted by molar-refractivity contribution is 5.85. The Hall–Kier alpha value is -2.40. The smallest absolute Gasteiger partial charge is 0.160 e. The van der Waals surface area contributed by atoms with E-state index in [4.69, 9.17) is 0 Å². The molecule has 112 valence electrons. The zero-order valence-electron chi connectivity index (χ0n) is 12.7. The van der Waals surface area contributed by atoms with E-state index >= 15 is 0 Å². The molecule has 0 unspecified atom stereocenters. The summed E-state index contributed by atoms with van der Waals surface area (Å²) in [6.07, 6.45) is 0.998. The summed E-state index contributed by atoms with van der Waals surface area (Å²) in [7, 11) is 2.14. The van der Waals surface area contributed by atoms with E-state index in [9.17, 15) is 5.11 Å². The second kappa shape index (κ2) is 4.81. The van der Waals surface area contributed by atoms with Gasteiger partial charge in [0, 0.05) is 35.7 Å². The van der Waals surface area contributed by atoms with Crippen LogP contribution in [0.2, 0.25) is 0 Å². The number of nitrogens with one attached hydrogen (secondary N) is 1. The first-order chi connectivity index (χ1) is 10.6. The van der Waals surface area contributed by atoms with E-state index in [0.29, 0.717) is 17.3 Å². The Morgan fingerprint density at radius 1 is 1.27 bits per heavy atom. The molecule has 0 bridgehead atoms.